The van der Waals surface area contributed by atoms with Crippen molar-refractivity contribution in [3.05, 3.63) is 279 Å². The molecule has 79 heavy (non-hydrogen) atoms. The third-order valence-corrected chi connectivity index (χ3v) is 15.3. The van der Waals surface area contributed by atoms with Gasteiger partial charge >= 0.3 is 0 Å². The van der Waals surface area contributed by atoms with E-state index in [1.807, 2.05) is 33.9 Å². The minimum atomic E-state index is 0.913. The van der Waals surface area contributed by atoms with Gasteiger partial charge in [-0.2, -0.15) is 0 Å². The molecule has 0 saturated heterocycles. The predicted molar refractivity (Wildman–Crippen MR) is 340 cm³/mol. The number of fused-ring (bicyclic) bond motifs is 5. The van der Waals surface area contributed by atoms with Crippen molar-refractivity contribution in [1.29, 1.82) is 0 Å². The van der Waals surface area contributed by atoms with Crippen LogP contribution in [0.2, 0.25) is 0 Å². The standard InChI is InChI=1S/C71H46N4.2C2H6/c1-4-18-55(19-5-1)74(56-20-6-2-7-21-56)67-41-31-50-27-38-64-61(35-26-49-28-39-65(67)71(50)70(49)64)53-29-36-62-63-37-30-54(45-69(63)75(68(62)44-53)57-22-8-3-9-23-57)66-40-34-60(46-72-66)73(58-32-24-47-14-10-12-16-51(47)42-58)59-33-25-48-15-11-13-17-52(48)43-59;2*1-2/h1-46H;2*1-2H3. The highest BCUT2D eigenvalue weighted by Gasteiger charge is 2.22. The first-order chi connectivity index (χ1) is 39.2. The number of rotatable bonds is 9. The van der Waals surface area contributed by atoms with E-state index in [4.69, 9.17) is 4.98 Å². The molecule has 0 N–H and O–H groups in total. The molecule has 0 radical (unpaired) electrons. The summed E-state index contributed by atoms with van der Waals surface area (Å²) in [6.07, 6.45) is 2.02. The topological polar surface area (TPSA) is 24.3 Å². The number of anilines is 6. The van der Waals surface area contributed by atoms with E-state index in [0.717, 1.165) is 62.1 Å². The first-order valence-electron chi connectivity index (χ1n) is 27.7. The zero-order chi connectivity index (χ0) is 53.4. The maximum atomic E-state index is 5.22. The van der Waals surface area contributed by atoms with Gasteiger partial charge in [-0.05, 0) is 151 Å². The van der Waals surface area contributed by atoms with Crippen molar-refractivity contribution in [3.63, 3.8) is 0 Å². The lowest BCUT2D eigenvalue weighted by molar-refractivity contribution is 1.18. The summed E-state index contributed by atoms with van der Waals surface area (Å²) in [5.41, 5.74) is 14.3. The van der Waals surface area contributed by atoms with Gasteiger partial charge in [0.15, 0.2) is 0 Å². The van der Waals surface area contributed by atoms with E-state index in [1.165, 1.54) is 75.8 Å². The first kappa shape index (κ1) is 48.6. The van der Waals surface area contributed by atoms with Crippen LogP contribution in [0.1, 0.15) is 27.7 Å². The smallest absolute Gasteiger partial charge is 0.0704 e. The van der Waals surface area contributed by atoms with E-state index >= 15 is 0 Å². The Morgan fingerprint density at radius 1 is 0.304 bits per heavy atom. The van der Waals surface area contributed by atoms with Crippen molar-refractivity contribution >= 4 is 110 Å². The Kier molecular flexibility index (Phi) is 12.8. The molecule has 0 saturated carbocycles. The van der Waals surface area contributed by atoms with Crippen LogP contribution in [0.3, 0.4) is 0 Å². The van der Waals surface area contributed by atoms with Crippen LogP contribution in [-0.4, -0.2) is 9.55 Å². The Morgan fingerprint density at radius 3 is 1.34 bits per heavy atom. The van der Waals surface area contributed by atoms with Crippen LogP contribution in [0.25, 0.3) is 104 Å². The summed E-state index contributed by atoms with van der Waals surface area (Å²) in [4.78, 5) is 9.91. The van der Waals surface area contributed by atoms with Crippen molar-refractivity contribution in [2.24, 2.45) is 0 Å². The largest absolute Gasteiger partial charge is 0.310 e. The van der Waals surface area contributed by atoms with Gasteiger partial charge in [-0.15, -0.1) is 0 Å². The zero-order valence-electron chi connectivity index (χ0n) is 44.8. The van der Waals surface area contributed by atoms with Crippen molar-refractivity contribution in [1.82, 2.24) is 9.55 Å². The normalized spacial score (nSPS) is 11.3. The quantitative estimate of drug-likeness (QED) is 0.135. The van der Waals surface area contributed by atoms with Gasteiger partial charge in [-0.1, -0.05) is 210 Å². The van der Waals surface area contributed by atoms with Crippen LogP contribution in [0.5, 0.6) is 0 Å². The molecule has 13 aromatic carbocycles. The van der Waals surface area contributed by atoms with Crippen LogP contribution in [0, 0.1) is 0 Å². The molecule has 0 fully saturated rings. The van der Waals surface area contributed by atoms with Crippen LogP contribution >= 0.6 is 0 Å². The molecule has 4 nitrogen and oxygen atoms in total. The monoisotopic (exact) mass is 1010 g/mol. The average Bonchev–Trinajstić information content (AvgIpc) is 4.04. The van der Waals surface area contributed by atoms with Gasteiger partial charge in [0, 0.05) is 50.2 Å². The molecule has 0 aliphatic rings. The molecule has 15 rings (SSSR count). The van der Waals surface area contributed by atoms with Crippen LogP contribution in [0.15, 0.2) is 279 Å². The minimum Gasteiger partial charge on any atom is -0.310 e. The Bertz CT molecular complexity index is 4520. The molecule has 4 heteroatoms. The molecule has 378 valence electrons. The summed E-state index contributed by atoms with van der Waals surface area (Å²) < 4.78 is 2.43. The lowest BCUT2D eigenvalue weighted by atomic mass is 9.89. The van der Waals surface area contributed by atoms with Gasteiger partial charge in [-0.3, -0.25) is 4.98 Å². The summed E-state index contributed by atoms with van der Waals surface area (Å²) in [5, 5.41) is 14.7. The lowest BCUT2D eigenvalue weighted by Crippen LogP contribution is -2.10. The van der Waals surface area contributed by atoms with Gasteiger partial charge in [0.05, 0.1) is 34.3 Å². The van der Waals surface area contributed by atoms with Gasteiger partial charge < -0.3 is 14.4 Å². The molecule has 15 aromatic rings. The molecule has 0 amide bonds. The van der Waals surface area contributed by atoms with E-state index in [1.54, 1.807) is 0 Å². The van der Waals surface area contributed by atoms with Crippen LogP contribution in [0.4, 0.5) is 34.1 Å². The van der Waals surface area contributed by atoms with E-state index in [2.05, 4.69) is 287 Å². The molecular formula is C75H58N4. The summed E-state index contributed by atoms with van der Waals surface area (Å²) in [7, 11) is 0. The summed E-state index contributed by atoms with van der Waals surface area (Å²) in [6, 6.07) is 99.3. The Labute approximate surface area is 461 Å². The zero-order valence-corrected chi connectivity index (χ0v) is 44.8. The van der Waals surface area contributed by atoms with Crippen LogP contribution in [-0.2, 0) is 0 Å². The van der Waals surface area contributed by atoms with E-state index in [0.29, 0.717) is 0 Å². The van der Waals surface area contributed by atoms with Crippen molar-refractivity contribution in [2.45, 2.75) is 27.7 Å². The highest BCUT2D eigenvalue weighted by Crippen LogP contribution is 2.47. The maximum Gasteiger partial charge on any atom is 0.0704 e. The number of pyridine rings is 1. The van der Waals surface area contributed by atoms with Crippen molar-refractivity contribution < 1.29 is 0 Å². The molecule has 0 aliphatic carbocycles. The second-order valence-corrected chi connectivity index (χ2v) is 19.6. The van der Waals surface area contributed by atoms with Gasteiger partial charge in [0.2, 0.25) is 0 Å². The fourth-order valence-electron chi connectivity index (χ4n) is 11.8. The number of hydrogen-bond acceptors (Lipinski definition) is 3. The second kappa shape index (κ2) is 20.8. The first-order valence-corrected chi connectivity index (χ1v) is 27.7. The molecule has 0 aliphatic heterocycles. The highest BCUT2D eigenvalue weighted by molar-refractivity contribution is 6.28. The van der Waals surface area contributed by atoms with Gasteiger partial charge in [-0.25, -0.2) is 0 Å². The van der Waals surface area contributed by atoms with Gasteiger partial charge in [0.1, 0.15) is 0 Å². The number of para-hydroxylation sites is 3. The molecule has 0 bridgehead atoms. The molecule has 2 aromatic heterocycles. The molecular weight excluding hydrogens is 957 g/mol. The van der Waals surface area contributed by atoms with E-state index < -0.39 is 0 Å². The summed E-state index contributed by atoms with van der Waals surface area (Å²) >= 11 is 0. The second-order valence-electron chi connectivity index (χ2n) is 19.6. The molecule has 0 atom stereocenters. The number of benzene rings is 13. The van der Waals surface area contributed by atoms with E-state index in [-0.39, 0.29) is 0 Å². The van der Waals surface area contributed by atoms with Crippen LogP contribution < -0.4 is 9.80 Å². The highest BCUT2D eigenvalue weighted by atomic mass is 15.2. The summed E-state index contributed by atoms with van der Waals surface area (Å²) in [5.74, 6) is 0. The fraction of sp³-hybridized carbons (Fsp3) is 0.0533. The third-order valence-electron chi connectivity index (χ3n) is 15.3. The minimum absolute atomic E-state index is 0.913. The van der Waals surface area contributed by atoms with Crippen molar-refractivity contribution in [2.75, 3.05) is 9.80 Å². The molecule has 0 spiro atoms. The number of nitrogens with zero attached hydrogens (tertiary/aromatic N) is 4. The Balaban J connectivity index is 0.00000145. The number of hydrogen-bond donors (Lipinski definition) is 0. The number of aromatic nitrogens is 2. The Hall–Kier alpha value is -10.0. The van der Waals surface area contributed by atoms with Crippen molar-refractivity contribution in [3.8, 4) is 28.1 Å². The SMILES string of the molecule is CC.CC.c1ccc(N(c2ccccc2)c2ccc3ccc4c(-c5ccc6c7ccc(-c8ccc(N(c9ccc%10ccccc%10c9)c9ccc%10ccccc%10c9)cn8)cc7n(-c7ccccc7)c6c5)ccc5ccc2c3c54)cc1. The lowest BCUT2D eigenvalue weighted by Gasteiger charge is -2.27. The fourth-order valence-corrected chi connectivity index (χ4v) is 11.8. The summed E-state index contributed by atoms with van der Waals surface area (Å²) in [6.45, 7) is 8.00. The predicted octanol–water partition coefficient (Wildman–Crippen LogP) is 21.7. The molecule has 0 unspecified atom stereocenters. The third kappa shape index (κ3) is 8.55. The van der Waals surface area contributed by atoms with E-state index in [9.17, 15) is 0 Å². The maximum absolute atomic E-state index is 5.22. The average molecular weight is 1020 g/mol. The molecule has 2 heterocycles. The van der Waals surface area contributed by atoms with Gasteiger partial charge in [0.25, 0.3) is 0 Å². The Morgan fingerprint density at radius 2 is 0.759 bits per heavy atom.